The molecule has 7 nitrogen and oxygen atoms in total. The van der Waals surface area contributed by atoms with Crippen LogP contribution in [0.4, 0.5) is 4.79 Å². The molecule has 0 fully saturated rings. The fraction of sp³-hybridized carbons (Fsp3) is 0.130. The molecule has 160 valence electrons. The fourth-order valence-electron chi connectivity index (χ4n) is 3.13. The van der Waals surface area contributed by atoms with Gasteiger partial charge in [-0.1, -0.05) is 91.0 Å². The van der Waals surface area contributed by atoms with E-state index in [1.807, 2.05) is 66.7 Å². The van der Waals surface area contributed by atoms with Crippen LogP contribution in [0.1, 0.15) is 11.6 Å². The van der Waals surface area contributed by atoms with Crippen molar-refractivity contribution >= 4 is 29.8 Å². The van der Waals surface area contributed by atoms with Crippen LogP contribution >= 0.6 is 7.14 Å². The quantitative estimate of drug-likeness (QED) is 0.390. The fourth-order valence-corrected chi connectivity index (χ4v) is 5.54. The summed E-state index contributed by atoms with van der Waals surface area (Å²) in [4.78, 5) is 24.2. The number of carbonyl (C=O) groups excluding carboxylic acids is 2. The Morgan fingerprint density at radius 3 is 1.77 bits per heavy atom. The van der Waals surface area contributed by atoms with Crippen LogP contribution in [0.2, 0.25) is 0 Å². The number of hydrogen-bond acceptors (Lipinski definition) is 5. The van der Waals surface area contributed by atoms with Gasteiger partial charge in [0.2, 0.25) is 0 Å². The number of hydrazine groups is 1. The van der Waals surface area contributed by atoms with Gasteiger partial charge >= 0.3 is 6.09 Å². The Bertz CT molecular complexity index is 1000. The number of hydrogen-bond donors (Lipinski definition) is 3. The number of methoxy groups -OCH3 is 1. The van der Waals surface area contributed by atoms with Crippen LogP contribution < -0.4 is 26.8 Å². The van der Waals surface area contributed by atoms with E-state index in [2.05, 4.69) is 20.9 Å². The highest BCUT2D eigenvalue weighted by atomic mass is 31.2. The monoisotopic (exact) mass is 437 g/mol. The molecule has 8 heteroatoms. The molecule has 3 aromatic rings. The Kier molecular flexibility index (Phi) is 7.60. The zero-order valence-electron chi connectivity index (χ0n) is 17.0. The molecule has 0 heterocycles. The van der Waals surface area contributed by atoms with Crippen LogP contribution in [0.3, 0.4) is 0 Å². The van der Waals surface area contributed by atoms with Crippen molar-refractivity contribution < 1.29 is 18.9 Å². The summed E-state index contributed by atoms with van der Waals surface area (Å²) in [6.07, 6.45) is -0.744. The van der Waals surface area contributed by atoms with Gasteiger partial charge in [-0.15, -0.1) is 0 Å². The van der Waals surface area contributed by atoms with Gasteiger partial charge in [0.25, 0.3) is 5.91 Å². The van der Waals surface area contributed by atoms with Crippen LogP contribution in [0.25, 0.3) is 0 Å². The maximum absolute atomic E-state index is 14.2. The molecule has 31 heavy (non-hydrogen) atoms. The van der Waals surface area contributed by atoms with Gasteiger partial charge in [0.15, 0.2) is 7.14 Å². The van der Waals surface area contributed by atoms with Crippen molar-refractivity contribution in [1.82, 2.24) is 16.2 Å². The minimum atomic E-state index is -3.09. The maximum Gasteiger partial charge on any atom is 0.425 e. The second kappa shape index (κ2) is 10.6. The molecule has 0 saturated heterocycles. The van der Waals surface area contributed by atoms with Crippen molar-refractivity contribution in [3.63, 3.8) is 0 Å². The summed E-state index contributed by atoms with van der Waals surface area (Å²) in [5.41, 5.74) is 5.17. The van der Waals surface area contributed by atoms with Crippen LogP contribution in [-0.4, -0.2) is 25.4 Å². The Labute approximate surface area is 181 Å². The smallest absolute Gasteiger partial charge is 0.425 e. The van der Waals surface area contributed by atoms with E-state index in [1.165, 1.54) is 7.11 Å². The zero-order chi connectivity index (χ0) is 22.1. The highest BCUT2D eigenvalue weighted by Crippen LogP contribution is 2.42. The van der Waals surface area contributed by atoms with Gasteiger partial charge in [-0.05, 0) is 5.56 Å². The number of nitrogens with one attached hydrogen (secondary N) is 3. The van der Waals surface area contributed by atoms with E-state index in [0.717, 1.165) is 0 Å². The molecule has 3 rings (SSSR count). The van der Waals surface area contributed by atoms with Gasteiger partial charge in [-0.2, -0.15) is 0 Å². The maximum atomic E-state index is 14.2. The molecule has 0 spiro atoms. The lowest BCUT2D eigenvalue weighted by Crippen LogP contribution is -2.47. The first-order chi connectivity index (χ1) is 15.0. The summed E-state index contributed by atoms with van der Waals surface area (Å²) < 4.78 is 18.7. The van der Waals surface area contributed by atoms with Crippen LogP contribution in [-0.2, 0) is 14.1 Å². The topological polar surface area (TPSA) is 96.5 Å². The third-order valence-electron chi connectivity index (χ3n) is 4.73. The second-order valence-electron chi connectivity index (χ2n) is 6.72. The second-order valence-corrected chi connectivity index (χ2v) is 9.55. The highest BCUT2D eigenvalue weighted by molar-refractivity contribution is 7.78. The van der Waals surface area contributed by atoms with Crippen LogP contribution in [0.15, 0.2) is 91.0 Å². The molecular weight excluding hydrogens is 413 g/mol. The van der Waals surface area contributed by atoms with E-state index in [-0.39, 0.29) is 6.29 Å². The van der Waals surface area contributed by atoms with Crippen molar-refractivity contribution in [2.24, 2.45) is 0 Å². The zero-order valence-corrected chi connectivity index (χ0v) is 17.9. The summed E-state index contributed by atoms with van der Waals surface area (Å²) in [6.45, 7) is 0. The number of ether oxygens (including phenoxy) is 1. The number of amides is 2. The van der Waals surface area contributed by atoms with Crippen molar-refractivity contribution in [2.45, 2.75) is 6.04 Å². The van der Waals surface area contributed by atoms with Crippen molar-refractivity contribution in [3.8, 4) is 0 Å². The molecule has 0 unspecified atom stereocenters. The molecule has 0 radical (unpaired) electrons. The molecule has 2 amide bonds. The van der Waals surface area contributed by atoms with E-state index >= 15 is 0 Å². The molecule has 0 aromatic heterocycles. The minimum absolute atomic E-state index is 0.0478. The molecule has 0 bridgehead atoms. The first-order valence-electron chi connectivity index (χ1n) is 9.67. The van der Waals surface area contributed by atoms with E-state index in [4.69, 9.17) is 0 Å². The predicted molar refractivity (Wildman–Crippen MR) is 121 cm³/mol. The lowest BCUT2D eigenvalue weighted by molar-refractivity contribution is -0.124. The molecule has 3 N–H and O–H groups in total. The average Bonchev–Trinajstić information content (AvgIpc) is 2.84. The molecule has 0 aliphatic heterocycles. The van der Waals surface area contributed by atoms with Crippen molar-refractivity contribution in [3.05, 3.63) is 96.6 Å². The van der Waals surface area contributed by atoms with Crippen molar-refractivity contribution in [2.75, 3.05) is 13.4 Å². The van der Waals surface area contributed by atoms with Gasteiger partial charge < -0.3 is 9.30 Å². The minimum Gasteiger partial charge on any atom is -0.452 e. The van der Waals surface area contributed by atoms with E-state index in [0.29, 0.717) is 16.2 Å². The van der Waals surface area contributed by atoms with Gasteiger partial charge in [0.1, 0.15) is 6.04 Å². The predicted octanol–water partition coefficient (Wildman–Crippen LogP) is 2.68. The SMILES string of the molecule is COC(=O)NNC(=O)[C@H](NCP(=O)(c1ccccc1)c1ccccc1)c1ccccc1. The number of carbonyl (C=O) groups is 2. The molecular formula is C23H24N3O4P. The molecule has 0 aliphatic rings. The molecule has 0 saturated carbocycles. The third kappa shape index (κ3) is 5.60. The van der Waals surface area contributed by atoms with Gasteiger partial charge in [-0.25, -0.2) is 10.2 Å². The van der Waals surface area contributed by atoms with Gasteiger partial charge in [-0.3, -0.25) is 15.5 Å². The number of rotatable bonds is 7. The van der Waals surface area contributed by atoms with Crippen molar-refractivity contribution in [1.29, 1.82) is 0 Å². The summed E-state index contributed by atoms with van der Waals surface area (Å²) in [5.74, 6) is -0.510. The first kappa shape index (κ1) is 22.3. The first-order valence-corrected chi connectivity index (χ1v) is 11.6. The molecule has 1 atom stereocenters. The van der Waals surface area contributed by atoms with E-state index in [1.54, 1.807) is 24.3 Å². The standard InChI is InChI=1S/C23H24N3O4P/c1-30-23(28)26-25-22(27)21(18-11-5-2-6-12-18)24-17-31(29,19-13-7-3-8-14-19)20-15-9-4-10-16-20/h2-16,21,24H,17H2,1H3,(H,25,27)(H,26,28)/t21-/m1/s1. The van der Waals surface area contributed by atoms with Gasteiger partial charge in [0, 0.05) is 10.6 Å². The Morgan fingerprint density at radius 1 is 0.806 bits per heavy atom. The largest absolute Gasteiger partial charge is 0.452 e. The van der Waals surface area contributed by atoms with Crippen LogP contribution in [0.5, 0.6) is 0 Å². The Balaban J connectivity index is 1.89. The lowest BCUT2D eigenvalue weighted by Gasteiger charge is -2.24. The third-order valence-corrected chi connectivity index (χ3v) is 7.63. The van der Waals surface area contributed by atoms with E-state index < -0.39 is 25.2 Å². The summed E-state index contributed by atoms with van der Waals surface area (Å²) >= 11 is 0. The highest BCUT2D eigenvalue weighted by Gasteiger charge is 2.30. The lowest BCUT2D eigenvalue weighted by atomic mass is 10.1. The summed E-state index contributed by atoms with van der Waals surface area (Å²) in [7, 11) is -1.89. The Hall–Kier alpha value is -3.41. The van der Waals surface area contributed by atoms with Gasteiger partial charge in [0.05, 0.1) is 13.4 Å². The average molecular weight is 437 g/mol. The molecule has 0 aliphatic carbocycles. The van der Waals surface area contributed by atoms with E-state index in [9.17, 15) is 14.2 Å². The summed E-state index contributed by atoms with van der Waals surface area (Å²) in [6, 6.07) is 26.6. The summed E-state index contributed by atoms with van der Waals surface area (Å²) in [5, 5.41) is 4.52. The van der Waals surface area contributed by atoms with Crippen LogP contribution in [0, 0.1) is 0 Å². The normalized spacial score (nSPS) is 11.9. The molecule has 3 aromatic carbocycles. The Morgan fingerprint density at radius 2 is 1.29 bits per heavy atom. The number of benzene rings is 3.